The van der Waals surface area contributed by atoms with E-state index < -0.39 is 5.79 Å². The van der Waals surface area contributed by atoms with Crippen LogP contribution >= 0.6 is 0 Å². The Hall–Kier alpha value is -6.98. The van der Waals surface area contributed by atoms with Crippen molar-refractivity contribution >= 4 is 21.8 Å². The highest BCUT2D eigenvalue weighted by Gasteiger charge is 2.52. The molecule has 11 rings (SSSR count). The van der Waals surface area contributed by atoms with E-state index in [-0.39, 0.29) is 0 Å². The molecule has 1 aliphatic carbocycles. The zero-order valence-electron chi connectivity index (χ0n) is 27.9. The lowest BCUT2D eigenvalue weighted by atomic mass is 10.0. The van der Waals surface area contributed by atoms with Crippen LogP contribution in [0.25, 0.3) is 72.5 Å². The maximum Gasteiger partial charge on any atom is 0.306 e. The summed E-state index contributed by atoms with van der Waals surface area (Å²) in [5.74, 6) is 0.902. The third-order valence-electron chi connectivity index (χ3n) is 10.4. The largest absolute Gasteiger partial charge is 0.440 e. The van der Waals surface area contributed by atoms with Gasteiger partial charge in [0.2, 0.25) is 5.95 Å². The highest BCUT2D eigenvalue weighted by atomic mass is 16.7. The highest BCUT2D eigenvalue weighted by Crippen LogP contribution is 2.58. The lowest BCUT2D eigenvalue weighted by molar-refractivity contribution is -0.0411. The van der Waals surface area contributed by atoms with Gasteiger partial charge in [0, 0.05) is 27.6 Å². The number of aromatic nitrogens is 3. The molecule has 5 heteroatoms. The average Bonchev–Trinajstić information content (AvgIpc) is 3.86. The number of ether oxygens (including phenoxy) is 2. The van der Waals surface area contributed by atoms with Crippen molar-refractivity contribution in [3.8, 4) is 62.2 Å². The van der Waals surface area contributed by atoms with Crippen molar-refractivity contribution < 1.29 is 9.47 Å². The molecule has 5 nitrogen and oxygen atoms in total. The third kappa shape index (κ3) is 4.17. The molecule has 0 bridgehead atoms. The van der Waals surface area contributed by atoms with Crippen molar-refractivity contribution in [2.75, 3.05) is 0 Å². The number of hydrogen-bond acceptors (Lipinski definition) is 4. The summed E-state index contributed by atoms with van der Waals surface area (Å²) in [6, 6.07) is 60.7. The van der Waals surface area contributed by atoms with E-state index in [0.29, 0.717) is 17.4 Å². The smallest absolute Gasteiger partial charge is 0.306 e. The fourth-order valence-electron chi connectivity index (χ4n) is 8.01. The first-order chi connectivity index (χ1) is 25.7. The molecule has 1 spiro atoms. The van der Waals surface area contributed by atoms with Crippen molar-refractivity contribution in [1.82, 2.24) is 14.5 Å². The van der Waals surface area contributed by atoms with Crippen LogP contribution in [0.3, 0.4) is 0 Å². The van der Waals surface area contributed by atoms with Crippen LogP contribution in [0, 0.1) is 0 Å². The molecule has 244 valence electrons. The first-order valence-electron chi connectivity index (χ1n) is 17.5. The number of rotatable bonds is 4. The maximum atomic E-state index is 7.20. The van der Waals surface area contributed by atoms with Crippen LogP contribution in [-0.2, 0) is 5.79 Å². The van der Waals surface area contributed by atoms with Crippen molar-refractivity contribution in [3.05, 3.63) is 187 Å². The summed E-state index contributed by atoms with van der Waals surface area (Å²) in [5.41, 5.74) is 12.1. The molecule has 0 unspecified atom stereocenters. The maximum absolute atomic E-state index is 7.20. The normalized spacial score (nSPS) is 13.5. The van der Waals surface area contributed by atoms with Crippen LogP contribution in [-0.4, -0.2) is 14.5 Å². The minimum atomic E-state index is -1.09. The Morgan fingerprint density at radius 1 is 0.442 bits per heavy atom. The molecule has 3 heterocycles. The molecule has 9 aromatic rings. The van der Waals surface area contributed by atoms with Crippen molar-refractivity contribution in [2.45, 2.75) is 5.79 Å². The van der Waals surface area contributed by atoms with Gasteiger partial charge in [0.25, 0.3) is 0 Å². The Morgan fingerprint density at radius 3 is 1.62 bits per heavy atom. The van der Waals surface area contributed by atoms with E-state index in [4.69, 9.17) is 19.4 Å². The van der Waals surface area contributed by atoms with Crippen molar-refractivity contribution in [1.29, 1.82) is 0 Å². The van der Waals surface area contributed by atoms with E-state index in [1.54, 1.807) is 0 Å². The molecule has 0 saturated carbocycles. The molecule has 0 N–H and O–H groups in total. The van der Waals surface area contributed by atoms with Gasteiger partial charge in [-0.3, -0.25) is 4.57 Å². The minimum Gasteiger partial charge on any atom is -0.440 e. The standard InChI is InChI=1S/C47H29N3O2/c1-4-14-30(15-5-1)33-24-25-36-42(28-33)50(46-48-39(31-16-6-2-7-17-31)29-40(49-46)32-18-8-3-9-19-32)41-26-27-43-45(44(36)41)52-47(51-43)37-22-12-10-20-34(37)35-21-11-13-23-38(35)47/h1-29H. The summed E-state index contributed by atoms with van der Waals surface area (Å²) >= 11 is 0. The quantitative estimate of drug-likeness (QED) is 0.187. The van der Waals surface area contributed by atoms with E-state index in [0.717, 1.165) is 77.7 Å². The average molecular weight is 668 g/mol. The minimum absolute atomic E-state index is 0.579. The lowest BCUT2D eigenvalue weighted by Crippen LogP contribution is -2.34. The summed E-state index contributed by atoms with van der Waals surface area (Å²) in [4.78, 5) is 10.6. The predicted molar refractivity (Wildman–Crippen MR) is 207 cm³/mol. The second-order valence-electron chi connectivity index (χ2n) is 13.3. The SMILES string of the molecule is c1ccc(-c2ccc3c4c5c(ccc4n(-c4nc(-c6ccccc6)cc(-c6ccccc6)n4)c3c2)OC2(O5)c3ccccc3-c3ccccc32)cc1. The van der Waals surface area contributed by atoms with E-state index in [2.05, 4.69) is 132 Å². The fourth-order valence-corrected chi connectivity index (χ4v) is 8.01. The Labute approximate surface area is 300 Å². The van der Waals surface area contributed by atoms with E-state index in [1.165, 1.54) is 0 Å². The molecule has 0 saturated heterocycles. The van der Waals surface area contributed by atoms with Gasteiger partial charge in [0.15, 0.2) is 11.5 Å². The molecule has 52 heavy (non-hydrogen) atoms. The third-order valence-corrected chi connectivity index (χ3v) is 10.4. The van der Waals surface area contributed by atoms with Gasteiger partial charge in [-0.2, -0.15) is 0 Å². The van der Waals surface area contributed by atoms with Crippen LogP contribution in [0.15, 0.2) is 176 Å². The summed E-state index contributed by atoms with van der Waals surface area (Å²) < 4.78 is 16.3. The van der Waals surface area contributed by atoms with Crippen molar-refractivity contribution in [2.24, 2.45) is 0 Å². The second-order valence-corrected chi connectivity index (χ2v) is 13.3. The molecule has 0 fully saturated rings. The topological polar surface area (TPSA) is 49.2 Å². The van der Waals surface area contributed by atoms with Crippen molar-refractivity contribution in [3.63, 3.8) is 0 Å². The summed E-state index contributed by atoms with van der Waals surface area (Å²) in [7, 11) is 0. The monoisotopic (exact) mass is 667 g/mol. The number of fused-ring (bicyclic) bond motifs is 10. The predicted octanol–water partition coefficient (Wildman–Crippen LogP) is 11.2. The molecule has 0 radical (unpaired) electrons. The molecule has 2 aromatic heterocycles. The molecule has 7 aromatic carbocycles. The molecule has 0 atom stereocenters. The molecule has 0 amide bonds. The first-order valence-corrected chi connectivity index (χ1v) is 17.5. The Morgan fingerprint density at radius 2 is 1.00 bits per heavy atom. The van der Waals surface area contributed by atoms with Gasteiger partial charge < -0.3 is 9.47 Å². The van der Waals surface area contributed by atoms with Crippen LogP contribution in [0.4, 0.5) is 0 Å². The first kappa shape index (κ1) is 28.8. The summed E-state index contributed by atoms with van der Waals surface area (Å²) in [6.45, 7) is 0. The van der Waals surface area contributed by atoms with E-state index in [1.807, 2.05) is 48.5 Å². The Bertz CT molecular complexity index is 2740. The number of hydrogen-bond donors (Lipinski definition) is 0. The Kier molecular flexibility index (Phi) is 6.10. The molecular formula is C47H29N3O2. The molecule has 2 aliphatic rings. The van der Waals surface area contributed by atoms with Crippen LogP contribution in [0.2, 0.25) is 0 Å². The second kappa shape index (κ2) is 11.0. The fraction of sp³-hybridized carbons (Fsp3) is 0.0213. The van der Waals surface area contributed by atoms with Crippen LogP contribution in [0.5, 0.6) is 11.5 Å². The van der Waals surface area contributed by atoms with Gasteiger partial charge in [0.1, 0.15) is 0 Å². The summed E-state index contributed by atoms with van der Waals surface area (Å²) in [6.07, 6.45) is 0. The number of benzene rings is 7. The molecular weight excluding hydrogens is 639 g/mol. The van der Waals surface area contributed by atoms with Gasteiger partial charge >= 0.3 is 5.79 Å². The van der Waals surface area contributed by atoms with E-state index >= 15 is 0 Å². The van der Waals surface area contributed by atoms with Gasteiger partial charge in [-0.25, -0.2) is 9.97 Å². The van der Waals surface area contributed by atoms with Gasteiger partial charge in [-0.05, 0) is 46.5 Å². The van der Waals surface area contributed by atoms with Gasteiger partial charge in [-0.15, -0.1) is 0 Å². The zero-order valence-corrected chi connectivity index (χ0v) is 27.9. The van der Waals surface area contributed by atoms with Gasteiger partial charge in [-0.1, -0.05) is 152 Å². The van der Waals surface area contributed by atoms with Gasteiger partial charge in [0.05, 0.1) is 27.8 Å². The lowest BCUT2D eigenvalue weighted by Gasteiger charge is -2.25. The highest BCUT2D eigenvalue weighted by molar-refractivity contribution is 6.14. The van der Waals surface area contributed by atoms with E-state index in [9.17, 15) is 0 Å². The van der Waals surface area contributed by atoms with Crippen LogP contribution in [0.1, 0.15) is 11.1 Å². The van der Waals surface area contributed by atoms with Crippen LogP contribution < -0.4 is 9.47 Å². The molecule has 1 aliphatic heterocycles. The zero-order chi connectivity index (χ0) is 34.2. The summed E-state index contributed by atoms with van der Waals surface area (Å²) in [5, 5.41) is 1.99. The Balaban J connectivity index is 1.20. The number of nitrogens with zero attached hydrogens (tertiary/aromatic N) is 3.